The van der Waals surface area contributed by atoms with E-state index in [1.807, 2.05) is 24.3 Å². The normalized spacial score (nSPS) is 20.2. The molecule has 1 N–H and O–H groups in total. The second-order valence-electron chi connectivity index (χ2n) is 6.37. The summed E-state index contributed by atoms with van der Waals surface area (Å²) in [4.78, 5) is 17.4. The average Bonchev–Trinajstić information content (AvgIpc) is 2.75. The van der Waals surface area contributed by atoms with Crippen molar-refractivity contribution in [1.82, 2.24) is 4.90 Å². The van der Waals surface area contributed by atoms with E-state index < -0.39 is 0 Å². The van der Waals surface area contributed by atoms with Crippen molar-refractivity contribution in [2.75, 3.05) is 46.2 Å². The Morgan fingerprint density at radius 2 is 2.36 bits per heavy atom. The van der Waals surface area contributed by atoms with Crippen LogP contribution in [0.5, 0.6) is 0 Å². The minimum absolute atomic E-state index is 0.0639. The number of carbonyl (C=O) groups is 1. The van der Waals surface area contributed by atoms with E-state index in [2.05, 4.69) is 23.6 Å². The highest BCUT2D eigenvalue weighted by molar-refractivity contribution is 5.89. The number of fused-ring (bicyclic) bond motifs is 1. The van der Waals surface area contributed by atoms with Crippen molar-refractivity contribution in [3.63, 3.8) is 0 Å². The summed E-state index contributed by atoms with van der Waals surface area (Å²) in [5, 5.41) is 8.87. The van der Waals surface area contributed by atoms with E-state index in [4.69, 9.17) is 19.3 Å². The van der Waals surface area contributed by atoms with E-state index >= 15 is 0 Å². The van der Waals surface area contributed by atoms with Gasteiger partial charge in [-0.3, -0.25) is 4.90 Å². The molecule has 1 atom stereocenters. The lowest BCUT2D eigenvalue weighted by Gasteiger charge is -2.30. The first-order valence-corrected chi connectivity index (χ1v) is 9.21. The quantitative estimate of drug-likeness (QED) is 0.483. The lowest BCUT2D eigenvalue weighted by Crippen LogP contribution is -2.34. The molecule has 0 aromatic heterocycles. The molecule has 2 aliphatic heterocycles. The van der Waals surface area contributed by atoms with Crippen molar-refractivity contribution in [2.45, 2.75) is 12.5 Å². The van der Waals surface area contributed by atoms with Crippen LogP contribution in [-0.4, -0.2) is 75.0 Å². The molecule has 1 fully saturated rings. The molecule has 7 heteroatoms. The number of rotatable bonds is 4. The molecule has 0 unspecified atom stereocenters. The fourth-order valence-corrected chi connectivity index (χ4v) is 3.24. The molecule has 1 aromatic carbocycles. The van der Waals surface area contributed by atoms with E-state index in [-0.39, 0.29) is 18.7 Å². The zero-order valence-corrected chi connectivity index (χ0v) is 15.7. The van der Waals surface area contributed by atoms with Gasteiger partial charge in [0.05, 0.1) is 38.7 Å². The molecular weight excluding hydrogens is 360 g/mol. The maximum atomic E-state index is 12.2. The second kappa shape index (κ2) is 10.2. The van der Waals surface area contributed by atoms with Gasteiger partial charge in [0, 0.05) is 17.7 Å². The van der Waals surface area contributed by atoms with Crippen LogP contribution in [0.3, 0.4) is 0 Å². The zero-order chi connectivity index (χ0) is 19.8. The van der Waals surface area contributed by atoms with Gasteiger partial charge in [0.15, 0.2) is 0 Å². The highest BCUT2D eigenvalue weighted by Gasteiger charge is 2.25. The van der Waals surface area contributed by atoms with Crippen LogP contribution in [0.2, 0.25) is 0 Å². The Morgan fingerprint density at radius 3 is 3.11 bits per heavy atom. The lowest BCUT2D eigenvalue weighted by atomic mass is 9.94. The van der Waals surface area contributed by atoms with E-state index in [0.717, 1.165) is 22.4 Å². The molecule has 0 saturated carbocycles. The number of aliphatic hydroxyl groups is 1. The van der Waals surface area contributed by atoms with Crippen LogP contribution in [0.1, 0.15) is 16.7 Å². The summed E-state index contributed by atoms with van der Waals surface area (Å²) in [6.45, 7) is 6.18. The number of aliphatic hydroxyl groups excluding tert-OH is 1. The van der Waals surface area contributed by atoms with E-state index in [1.165, 1.54) is 0 Å². The third-order valence-electron chi connectivity index (χ3n) is 4.54. The van der Waals surface area contributed by atoms with Gasteiger partial charge in [-0.1, -0.05) is 17.9 Å². The van der Waals surface area contributed by atoms with Crippen molar-refractivity contribution < 1.29 is 24.1 Å². The van der Waals surface area contributed by atoms with Crippen molar-refractivity contribution in [3.05, 3.63) is 41.0 Å². The standard InChI is InChI=1S/C21H24N2O5/c1-22-21(25)23-8-6-17-13-16(3-2-9-24)4-5-19(17)20(23)7-10-26-14-18-15-27-11-12-28-18/h4-5,7,13,18,24H,1,6,8-12,14-15H2/b20-7-/t18-/m1/s1. The number of hydrogen-bond donors (Lipinski definition) is 1. The summed E-state index contributed by atoms with van der Waals surface area (Å²) >= 11 is 0. The van der Waals surface area contributed by atoms with Crippen LogP contribution >= 0.6 is 0 Å². The highest BCUT2D eigenvalue weighted by Crippen LogP contribution is 2.30. The topological polar surface area (TPSA) is 80.6 Å². The molecule has 2 aliphatic rings. The van der Waals surface area contributed by atoms with E-state index in [0.29, 0.717) is 46.0 Å². The lowest BCUT2D eigenvalue weighted by molar-refractivity contribution is -0.113. The van der Waals surface area contributed by atoms with Gasteiger partial charge >= 0.3 is 6.03 Å². The van der Waals surface area contributed by atoms with Gasteiger partial charge in [0.25, 0.3) is 0 Å². The second-order valence-corrected chi connectivity index (χ2v) is 6.37. The number of nitrogens with zero attached hydrogens (tertiary/aromatic N) is 2. The molecule has 2 heterocycles. The van der Waals surface area contributed by atoms with Crippen molar-refractivity contribution >= 4 is 18.4 Å². The van der Waals surface area contributed by atoms with Crippen LogP contribution in [0.4, 0.5) is 4.79 Å². The molecule has 0 bridgehead atoms. The van der Waals surface area contributed by atoms with Gasteiger partial charge in [-0.15, -0.1) is 0 Å². The Bertz CT molecular complexity index is 803. The Labute approximate surface area is 164 Å². The average molecular weight is 384 g/mol. The number of carbonyl (C=O) groups excluding carboxylic acids is 1. The Balaban J connectivity index is 1.76. The number of urea groups is 1. The van der Waals surface area contributed by atoms with Crippen LogP contribution in [0.25, 0.3) is 5.70 Å². The predicted octanol–water partition coefficient (Wildman–Crippen LogP) is 1.48. The smallest absolute Gasteiger partial charge is 0.347 e. The first kappa shape index (κ1) is 20.2. The molecule has 148 valence electrons. The Kier molecular flexibility index (Phi) is 7.34. The van der Waals surface area contributed by atoms with Gasteiger partial charge in [0.2, 0.25) is 0 Å². The molecule has 7 nitrogen and oxygen atoms in total. The van der Waals surface area contributed by atoms with Crippen LogP contribution in [-0.2, 0) is 20.6 Å². The fraction of sp³-hybridized carbons (Fsp3) is 0.429. The molecule has 3 rings (SSSR count). The first-order valence-electron chi connectivity index (χ1n) is 9.21. The molecular formula is C21H24N2O5. The molecule has 28 heavy (non-hydrogen) atoms. The highest BCUT2D eigenvalue weighted by atomic mass is 16.6. The van der Waals surface area contributed by atoms with Gasteiger partial charge in [-0.25, -0.2) is 9.79 Å². The van der Waals surface area contributed by atoms with Crippen molar-refractivity contribution in [2.24, 2.45) is 4.99 Å². The fourth-order valence-electron chi connectivity index (χ4n) is 3.24. The molecule has 0 spiro atoms. The van der Waals surface area contributed by atoms with Gasteiger partial charge in [0.1, 0.15) is 12.7 Å². The maximum absolute atomic E-state index is 12.2. The maximum Gasteiger partial charge on any atom is 0.347 e. The van der Waals surface area contributed by atoms with Gasteiger partial charge in [-0.05, 0) is 36.9 Å². The summed E-state index contributed by atoms with van der Waals surface area (Å²) < 4.78 is 16.6. The summed E-state index contributed by atoms with van der Waals surface area (Å²) in [5.74, 6) is 5.57. The largest absolute Gasteiger partial charge is 0.384 e. The third kappa shape index (κ3) is 5.06. The van der Waals surface area contributed by atoms with Crippen LogP contribution in [0, 0.1) is 11.8 Å². The minimum atomic E-state index is -0.384. The summed E-state index contributed by atoms with van der Waals surface area (Å²) in [6, 6.07) is 5.41. The number of ether oxygens (including phenoxy) is 3. The number of benzene rings is 1. The minimum Gasteiger partial charge on any atom is -0.384 e. The number of aliphatic imine (C=N–C) groups is 1. The summed E-state index contributed by atoms with van der Waals surface area (Å²) in [5.41, 5.74) is 3.62. The van der Waals surface area contributed by atoms with E-state index in [1.54, 1.807) is 4.90 Å². The molecule has 0 aliphatic carbocycles. The first-order chi connectivity index (χ1) is 13.7. The van der Waals surface area contributed by atoms with Crippen LogP contribution < -0.4 is 0 Å². The Hall–Kier alpha value is -2.50. The predicted molar refractivity (Wildman–Crippen MR) is 105 cm³/mol. The van der Waals surface area contributed by atoms with E-state index in [9.17, 15) is 4.79 Å². The van der Waals surface area contributed by atoms with Crippen LogP contribution in [0.15, 0.2) is 29.3 Å². The molecule has 0 radical (unpaired) electrons. The third-order valence-corrected chi connectivity index (χ3v) is 4.54. The summed E-state index contributed by atoms with van der Waals surface area (Å²) in [7, 11) is 0. The SMILES string of the molecule is C=NC(=O)N1CCc2cc(C#CCO)ccc2/C1=C/COC[C@@H]1COCCO1. The number of hydrogen-bond acceptors (Lipinski definition) is 5. The monoisotopic (exact) mass is 384 g/mol. The van der Waals surface area contributed by atoms with Gasteiger partial charge in [-0.2, -0.15) is 0 Å². The molecule has 1 aromatic rings. The summed E-state index contributed by atoms with van der Waals surface area (Å²) in [6.07, 6.45) is 2.51. The van der Waals surface area contributed by atoms with Crippen molar-refractivity contribution in [3.8, 4) is 11.8 Å². The van der Waals surface area contributed by atoms with Gasteiger partial charge < -0.3 is 19.3 Å². The van der Waals surface area contributed by atoms with Crippen molar-refractivity contribution in [1.29, 1.82) is 0 Å². The molecule has 1 saturated heterocycles. The number of amides is 2. The zero-order valence-electron chi connectivity index (χ0n) is 15.7. The Morgan fingerprint density at radius 1 is 1.46 bits per heavy atom. The molecule has 2 amide bonds.